The molecule has 3 heteroatoms. The molecule has 1 aromatic rings. The molecule has 3 N–H and O–H groups in total. The van der Waals surface area contributed by atoms with Crippen molar-refractivity contribution in [3.63, 3.8) is 0 Å². The Morgan fingerprint density at radius 2 is 1.91 bits per heavy atom. The first kappa shape index (κ1) is 16.8. The lowest BCUT2D eigenvalue weighted by Gasteiger charge is -2.50. The summed E-state index contributed by atoms with van der Waals surface area (Å²) < 4.78 is 0. The van der Waals surface area contributed by atoms with Crippen molar-refractivity contribution in [3.8, 4) is 5.75 Å². The lowest BCUT2D eigenvalue weighted by Crippen LogP contribution is -2.43. The predicted octanol–water partition coefficient (Wildman–Crippen LogP) is 3.61. The maximum atomic E-state index is 10.4. The van der Waals surface area contributed by atoms with E-state index in [0.717, 1.165) is 25.2 Å². The van der Waals surface area contributed by atoms with Crippen LogP contribution in [0.1, 0.15) is 63.0 Å². The fourth-order valence-electron chi connectivity index (χ4n) is 5.54. The summed E-state index contributed by atoms with van der Waals surface area (Å²) in [5.74, 6) is 2.49. The molecule has 0 amide bonds. The second kappa shape index (κ2) is 6.45. The summed E-state index contributed by atoms with van der Waals surface area (Å²) in [5, 5.41) is 27.6. The third-order valence-corrected chi connectivity index (χ3v) is 6.66. The van der Waals surface area contributed by atoms with Crippen LogP contribution >= 0.6 is 0 Å². The summed E-state index contributed by atoms with van der Waals surface area (Å²) in [5.41, 5.74) is 2.99. The molecule has 1 unspecified atom stereocenters. The number of phenols is 1. The molecular formula is C20H30O3. The van der Waals surface area contributed by atoms with Crippen molar-refractivity contribution in [1.82, 2.24) is 0 Å². The van der Waals surface area contributed by atoms with Gasteiger partial charge in [-0.3, -0.25) is 0 Å². The fourth-order valence-corrected chi connectivity index (χ4v) is 5.54. The van der Waals surface area contributed by atoms with Crippen LogP contribution in [0.15, 0.2) is 18.2 Å². The molecule has 5 atom stereocenters. The van der Waals surface area contributed by atoms with Gasteiger partial charge in [-0.1, -0.05) is 13.0 Å². The van der Waals surface area contributed by atoms with Crippen molar-refractivity contribution < 1.29 is 15.3 Å². The molecule has 3 aliphatic rings. The number of fused-ring (bicyclic) bond motifs is 5. The molecular weight excluding hydrogens is 288 g/mol. The van der Waals surface area contributed by atoms with E-state index in [9.17, 15) is 10.2 Å². The average Bonchev–Trinajstić information content (AvgIpc) is 2.83. The highest BCUT2D eigenvalue weighted by Gasteiger charge is 2.54. The molecule has 128 valence electrons. The van der Waals surface area contributed by atoms with Crippen LogP contribution in [0.25, 0.3) is 0 Å². The molecule has 0 saturated heterocycles. The number of aromatic hydroxyl groups is 1. The van der Waals surface area contributed by atoms with E-state index in [1.807, 2.05) is 12.1 Å². The molecule has 3 nitrogen and oxygen atoms in total. The molecule has 0 bridgehead atoms. The molecule has 1 aromatic carbocycles. The van der Waals surface area contributed by atoms with E-state index in [-0.39, 0.29) is 18.1 Å². The highest BCUT2D eigenvalue weighted by molar-refractivity contribution is 5.40. The van der Waals surface area contributed by atoms with Gasteiger partial charge in [0.2, 0.25) is 0 Å². The Morgan fingerprint density at radius 1 is 1.17 bits per heavy atom. The van der Waals surface area contributed by atoms with Gasteiger partial charge in [-0.25, -0.2) is 0 Å². The van der Waals surface area contributed by atoms with Gasteiger partial charge in [0, 0.05) is 6.61 Å². The third-order valence-electron chi connectivity index (χ3n) is 6.66. The summed E-state index contributed by atoms with van der Waals surface area (Å²) in [6, 6.07) is 5.96. The van der Waals surface area contributed by atoms with E-state index in [2.05, 4.69) is 13.0 Å². The molecule has 23 heavy (non-hydrogen) atoms. The van der Waals surface area contributed by atoms with Crippen LogP contribution in [0.5, 0.6) is 5.75 Å². The largest absolute Gasteiger partial charge is 0.508 e. The van der Waals surface area contributed by atoms with Gasteiger partial charge in [0.15, 0.2) is 0 Å². The Labute approximate surface area is 139 Å². The first-order valence-electron chi connectivity index (χ1n) is 9.12. The summed E-state index contributed by atoms with van der Waals surface area (Å²) in [7, 11) is 0. The van der Waals surface area contributed by atoms with E-state index in [1.54, 1.807) is 6.92 Å². The van der Waals surface area contributed by atoms with Gasteiger partial charge < -0.3 is 15.3 Å². The van der Waals surface area contributed by atoms with Crippen molar-refractivity contribution >= 4 is 0 Å². The van der Waals surface area contributed by atoms with Crippen molar-refractivity contribution in [2.75, 3.05) is 6.61 Å². The molecule has 0 radical (unpaired) electrons. The van der Waals surface area contributed by atoms with E-state index < -0.39 is 0 Å². The first-order chi connectivity index (χ1) is 11.0. The maximum absolute atomic E-state index is 10.4. The Morgan fingerprint density at radius 3 is 2.65 bits per heavy atom. The standard InChI is InChI=1S/C18H24O2.C2H6O/c1-18-9-8-14-13-5-3-12(19)10-11(13)2-4-15(14)16(18)6-7-17(18)20;1-2-3/h3,5,10,14-17,19-20H,2,4,6-9H2,1H3;3H,2H2,1H3/t14-,15-,16+,17?,18+;/m1./s1. The highest BCUT2D eigenvalue weighted by atomic mass is 16.3. The van der Waals surface area contributed by atoms with Crippen molar-refractivity contribution in [1.29, 1.82) is 0 Å². The second-order valence-electron chi connectivity index (χ2n) is 7.75. The quantitative estimate of drug-likeness (QED) is 0.685. The van der Waals surface area contributed by atoms with Crippen LogP contribution in [0.4, 0.5) is 0 Å². The van der Waals surface area contributed by atoms with E-state index in [1.165, 1.54) is 30.4 Å². The Bertz CT molecular complexity index is 556. The van der Waals surface area contributed by atoms with Gasteiger partial charge in [-0.05, 0) is 91.9 Å². The number of aryl methyl sites for hydroxylation is 1. The van der Waals surface area contributed by atoms with Gasteiger partial charge in [0.25, 0.3) is 0 Å². The van der Waals surface area contributed by atoms with Crippen LogP contribution in [0, 0.1) is 17.3 Å². The van der Waals surface area contributed by atoms with Crippen LogP contribution in [0.3, 0.4) is 0 Å². The first-order valence-corrected chi connectivity index (χ1v) is 9.12. The van der Waals surface area contributed by atoms with Crippen LogP contribution < -0.4 is 0 Å². The summed E-state index contributed by atoms with van der Waals surface area (Å²) >= 11 is 0. The normalized spacial score (nSPS) is 37.9. The number of hydrogen-bond acceptors (Lipinski definition) is 3. The fraction of sp³-hybridized carbons (Fsp3) is 0.700. The number of hydrogen-bond donors (Lipinski definition) is 3. The average molecular weight is 318 g/mol. The summed E-state index contributed by atoms with van der Waals surface area (Å²) in [4.78, 5) is 0. The molecule has 0 aliphatic heterocycles. The van der Waals surface area contributed by atoms with Gasteiger partial charge >= 0.3 is 0 Å². The minimum Gasteiger partial charge on any atom is -0.508 e. The van der Waals surface area contributed by atoms with Crippen LogP contribution in [-0.4, -0.2) is 28.0 Å². The summed E-state index contributed by atoms with van der Waals surface area (Å²) in [6.45, 7) is 4.25. The topological polar surface area (TPSA) is 60.7 Å². The van der Waals surface area contributed by atoms with Crippen molar-refractivity contribution in [2.45, 2.75) is 64.4 Å². The molecule has 2 saturated carbocycles. The zero-order valence-corrected chi connectivity index (χ0v) is 14.3. The summed E-state index contributed by atoms with van der Waals surface area (Å²) in [6.07, 6.45) is 6.78. The van der Waals surface area contributed by atoms with E-state index >= 15 is 0 Å². The van der Waals surface area contributed by atoms with Gasteiger partial charge in [0.1, 0.15) is 5.75 Å². The molecule has 0 heterocycles. The molecule has 2 fully saturated rings. The number of benzene rings is 1. The SMILES string of the molecule is CCO.C[C@]12CC[C@@H]3c4ccc(O)cc4CC[C@H]3[C@@H]1CCC2O. The number of aliphatic hydroxyl groups is 2. The Kier molecular flexibility index (Phi) is 4.70. The lowest BCUT2D eigenvalue weighted by atomic mass is 9.55. The number of aliphatic hydroxyl groups excluding tert-OH is 2. The number of phenolic OH excluding ortho intramolecular Hbond substituents is 1. The van der Waals surface area contributed by atoms with Gasteiger partial charge in [0.05, 0.1) is 6.10 Å². The maximum Gasteiger partial charge on any atom is 0.115 e. The van der Waals surface area contributed by atoms with Crippen LogP contribution in [-0.2, 0) is 6.42 Å². The Hall–Kier alpha value is -1.06. The minimum absolute atomic E-state index is 0.0883. The number of rotatable bonds is 0. The van der Waals surface area contributed by atoms with Crippen molar-refractivity contribution in [2.24, 2.45) is 17.3 Å². The highest BCUT2D eigenvalue weighted by Crippen LogP contribution is 2.60. The second-order valence-corrected chi connectivity index (χ2v) is 7.75. The zero-order valence-electron chi connectivity index (χ0n) is 14.3. The van der Waals surface area contributed by atoms with Crippen molar-refractivity contribution in [3.05, 3.63) is 29.3 Å². The smallest absolute Gasteiger partial charge is 0.115 e. The molecule has 0 spiro atoms. The third kappa shape index (κ3) is 2.78. The van der Waals surface area contributed by atoms with E-state index in [0.29, 0.717) is 17.6 Å². The molecule has 4 rings (SSSR count). The zero-order chi connectivity index (χ0) is 16.6. The lowest BCUT2D eigenvalue weighted by molar-refractivity contribution is -0.0226. The Balaban J connectivity index is 0.000000485. The predicted molar refractivity (Wildman–Crippen MR) is 91.5 cm³/mol. The molecule has 3 aliphatic carbocycles. The minimum atomic E-state index is -0.0883. The van der Waals surface area contributed by atoms with Gasteiger partial charge in [-0.15, -0.1) is 0 Å². The van der Waals surface area contributed by atoms with Gasteiger partial charge in [-0.2, -0.15) is 0 Å². The van der Waals surface area contributed by atoms with E-state index in [4.69, 9.17) is 5.11 Å². The van der Waals surface area contributed by atoms with Crippen LogP contribution in [0.2, 0.25) is 0 Å². The monoisotopic (exact) mass is 318 g/mol. The molecule has 0 aromatic heterocycles.